The maximum Gasteiger partial charge on any atom is 0.312 e. The van der Waals surface area contributed by atoms with Gasteiger partial charge in [-0.3, -0.25) is 9.78 Å². The Labute approximate surface area is 90.2 Å². The molecule has 15 heavy (non-hydrogen) atoms. The van der Waals surface area contributed by atoms with Crippen LogP contribution < -0.4 is 0 Å². The van der Waals surface area contributed by atoms with E-state index in [1.165, 1.54) is 0 Å². The molecule has 1 heterocycles. The number of aliphatic carboxylic acids is 1. The van der Waals surface area contributed by atoms with Crippen LogP contribution in [0.15, 0.2) is 18.3 Å². The number of hydrogen-bond donors (Lipinski definition) is 1. The summed E-state index contributed by atoms with van der Waals surface area (Å²) in [5, 5.41) is 8.82. The fourth-order valence-corrected chi connectivity index (χ4v) is 1.23. The van der Waals surface area contributed by atoms with E-state index in [9.17, 15) is 4.79 Å². The first-order valence-electron chi connectivity index (χ1n) is 5.01. The third kappa shape index (κ3) is 2.78. The number of aromatic nitrogens is 1. The molecule has 0 fully saturated rings. The standard InChI is InChI=1S/C12H17NO2/c1-8(11(14)15)10-6-5-9(7-13-10)12(2,3)4/h5-8H,1-4H3,(H,14,15). The Morgan fingerprint density at radius 3 is 2.33 bits per heavy atom. The van der Waals surface area contributed by atoms with Gasteiger partial charge in [-0.2, -0.15) is 0 Å². The van der Waals surface area contributed by atoms with Crippen molar-refractivity contribution in [1.82, 2.24) is 4.98 Å². The fraction of sp³-hybridized carbons (Fsp3) is 0.500. The molecule has 0 radical (unpaired) electrons. The molecular weight excluding hydrogens is 190 g/mol. The lowest BCUT2D eigenvalue weighted by molar-refractivity contribution is -0.138. The molecule has 0 aliphatic carbocycles. The van der Waals surface area contributed by atoms with E-state index in [-0.39, 0.29) is 5.41 Å². The zero-order valence-corrected chi connectivity index (χ0v) is 9.61. The molecular formula is C12H17NO2. The molecule has 3 heteroatoms. The van der Waals surface area contributed by atoms with Crippen LogP contribution in [0.25, 0.3) is 0 Å². The van der Waals surface area contributed by atoms with Gasteiger partial charge in [0.2, 0.25) is 0 Å². The molecule has 1 unspecified atom stereocenters. The van der Waals surface area contributed by atoms with Crippen LogP contribution in [0.1, 0.15) is 44.9 Å². The highest BCUT2D eigenvalue weighted by atomic mass is 16.4. The molecule has 3 nitrogen and oxygen atoms in total. The van der Waals surface area contributed by atoms with Crippen LogP contribution in [-0.4, -0.2) is 16.1 Å². The highest BCUT2D eigenvalue weighted by Crippen LogP contribution is 2.22. The lowest BCUT2D eigenvalue weighted by Gasteiger charge is -2.18. The summed E-state index contributed by atoms with van der Waals surface area (Å²) in [6.45, 7) is 7.94. The topological polar surface area (TPSA) is 50.2 Å². The normalized spacial score (nSPS) is 13.6. The summed E-state index contributed by atoms with van der Waals surface area (Å²) in [4.78, 5) is 14.9. The SMILES string of the molecule is CC(C(=O)O)c1ccc(C(C)(C)C)cn1. The van der Waals surface area contributed by atoms with Crippen LogP contribution in [-0.2, 0) is 10.2 Å². The highest BCUT2D eigenvalue weighted by Gasteiger charge is 2.17. The average molecular weight is 207 g/mol. The first-order valence-corrected chi connectivity index (χ1v) is 5.01. The van der Waals surface area contributed by atoms with Crippen LogP contribution in [0, 0.1) is 0 Å². The second kappa shape index (κ2) is 4.01. The lowest BCUT2D eigenvalue weighted by atomic mass is 9.88. The summed E-state index contributed by atoms with van der Waals surface area (Å²) >= 11 is 0. The van der Waals surface area contributed by atoms with E-state index in [1.54, 1.807) is 19.2 Å². The zero-order valence-electron chi connectivity index (χ0n) is 9.61. The van der Waals surface area contributed by atoms with Gasteiger partial charge < -0.3 is 5.11 Å². The Kier molecular flexibility index (Phi) is 3.12. The second-order valence-corrected chi connectivity index (χ2v) is 4.78. The van der Waals surface area contributed by atoms with Crippen LogP contribution in [0.4, 0.5) is 0 Å². The lowest BCUT2D eigenvalue weighted by Crippen LogP contribution is -2.13. The summed E-state index contributed by atoms with van der Waals surface area (Å²) in [5.74, 6) is -1.38. The van der Waals surface area contributed by atoms with Gasteiger partial charge in [0.05, 0.1) is 11.6 Å². The zero-order chi connectivity index (χ0) is 11.6. The molecule has 1 atom stereocenters. The Bertz CT molecular complexity index is 349. The Balaban J connectivity index is 2.95. The monoisotopic (exact) mass is 207 g/mol. The van der Waals surface area contributed by atoms with Crippen molar-refractivity contribution in [3.05, 3.63) is 29.6 Å². The fourth-order valence-electron chi connectivity index (χ4n) is 1.23. The minimum absolute atomic E-state index is 0.0536. The van der Waals surface area contributed by atoms with Crippen molar-refractivity contribution in [2.24, 2.45) is 0 Å². The maximum absolute atomic E-state index is 10.7. The summed E-state index contributed by atoms with van der Waals surface area (Å²) in [6, 6.07) is 3.74. The van der Waals surface area contributed by atoms with E-state index < -0.39 is 11.9 Å². The van der Waals surface area contributed by atoms with Crippen LogP contribution in [0.2, 0.25) is 0 Å². The minimum atomic E-state index is -0.842. The van der Waals surface area contributed by atoms with Crippen molar-refractivity contribution in [3.63, 3.8) is 0 Å². The molecule has 0 saturated heterocycles. The second-order valence-electron chi connectivity index (χ2n) is 4.78. The number of carboxylic acids is 1. The summed E-state index contributed by atoms with van der Waals surface area (Å²) < 4.78 is 0. The van der Waals surface area contributed by atoms with Gasteiger partial charge in [0.15, 0.2) is 0 Å². The molecule has 1 rings (SSSR count). The first-order chi connectivity index (χ1) is 6.82. The first kappa shape index (κ1) is 11.7. The molecule has 1 aromatic rings. The predicted octanol–water partition coefficient (Wildman–Crippen LogP) is 2.57. The molecule has 0 saturated carbocycles. The average Bonchev–Trinajstić information content (AvgIpc) is 2.15. The molecule has 0 bridgehead atoms. The summed E-state index contributed by atoms with van der Waals surface area (Å²) in [5.41, 5.74) is 1.78. The van der Waals surface area contributed by atoms with Gasteiger partial charge in [0.25, 0.3) is 0 Å². The van der Waals surface area contributed by atoms with Gasteiger partial charge in [-0.05, 0) is 24.0 Å². The number of rotatable bonds is 2. The molecule has 0 amide bonds. The molecule has 0 aliphatic rings. The van der Waals surface area contributed by atoms with E-state index >= 15 is 0 Å². The van der Waals surface area contributed by atoms with Crippen LogP contribution in [0.3, 0.4) is 0 Å². The third-order valence-electron chi connectivity index (χ3n) is 2.47. The Hall–Kier alpha value is -1.38. The van der Waals surface area contributed by atoms with Gasteiger partial charge in [-0.25, -0.2) is 0 Å². The minimum Gasteiger partial charge on any atom is -0.481 e. The number of pyridine rings is 1. The molecule has 0 spiro atoms. The molecule has 1 aromatic heterocycles. The van der Waals surface area contributed by atoms with Gasteiger partial charge in [0, 0.05) is 6.20 Å². The predicted molar refractivity (Wildman–Crippen MR) is 59.0 cm³/mol. The van der Waals surface area contributed by atoms with E-state index in [1.807, 2.05) is 6.07 Å². The van der Waals surface area contributed by atoms with Crippen molar-refractivity contribution >= 4 is 5.97 Å². The van der Waals surface area contributed by atoms with Crippen molar-refractivity contribution in [2.45, 2.75) is 39.0 Å². The van der Waals surface area contributed by atoms with Crippen LogP contribution in [0.5, 0.6) is 0 Å². The van der Waals surface area contributed by atoms with Crippen molar-refractivity contribution in [2.75, 3.05) is 0 Å². The van der Waals surface area contributed by atoms with E-state index in [4.69, 9.17) is 5.11 Å². The van der Waals surface area contributed by atoms with Gasteiger partial charge in [0.1, 0.15) is 0 Å². The number of nitrogens with zero attached hydrogens (tertiary/aromatic N) is 1. The highest BCUT2D eigenvalue weighted by molar-refractivity contribution is 5.74. The Morgan fingerprint density at radius 1 is 1.40 bits per heavy atom. The van der Waals surface area contributed by atoms with Crippen molar-refractivity contribution < 1.29 is 9.90 Å². The molecule has 1 N–H and O–H groups in total. The smallest absolute Gasteiger partial charge is 0.312 e. The number of carboxylic acid groups (broad SMARTS) is 1. The summed E-state index contributed by atoms with van der Waals surface area (Å²) in [7, 11) is 0. The van der Waals surface area contributed by atoms with Gasteiger partial charge >= 0.3 is 5.97 Å². The number of hydrogen-bond acceptors (Lipinski definition) is 2. The largest absolute Gasteiger partial charge is 0.481 e. The van der Waals surface area contributed by atoms with Gasteiger partial charge in [-0.15, -0.1) is 0 Å². The quantitative estimate of drug-likeness (QED) is 0.810. The van der Waals surface area contributed by atoms with Gasteiger partial charge in [-0.1, -0.05) is 26.8 Å². The van der Waals surface area contributed by atoms with E-state index in [2.05, 4.69) is 25.8 Å². The van der Waals surface area contributed by atoms with Crippen molar-refractivity contribution in [1.29, 1.82) is 0 Å². The third-order valence-corrected chi connectivity index (χ3v) is 2.47. The maximum atomic E-state index is 10.7. The van der Waals surface area contributed by atoms with E-state index in [0.29, 0.717) is 5.69 Å². The molecule has 82 valence electrons. The van der Waals surface area contributed by atoms with Crippen LogP contribution >= 0.6 is 0 Å². The Morgan fingerprint density at radius 2 is 2.00 bits per heavy atom. The molecule has 0 aliphatic heterocycles. The van der Waals surface area contributed by atoms with Crippen molar-refractivity contribution in [3.8, 4) is 0 Å². The number of carbonyl (C=O) groups is 1. The summed E-state index contributed by atoms with van der Waals surface area (Å²) in [6.07, 6.45) is 1.76. The van der Waals surface area contributed by atoms with E-state index in [0.717, 1.165) is 5.56 Å². The molecule has 0 aromatic carbocycles.